The number of rotatable bonds is 9. The lowest BCUT2D eigenvalue weighted by Crippen LogP contribution is -2.26. The highest BCUT2D eigenvalue weighted by molar-refractivity contribution is 5.85. The minimum atomic E-state index is 0. The highest BCUT2D eigenvalue weighted by Gasteiger charge is 1.98. The van der Waals surface area contributed by atoms with Crippen LogP contribution in [0, 0.1) is 0 Å². The minimum absolute atomic E-state index is 0. The molecule has 0 atom stereocenters. The molecule has 0 spiro atoms. The third-order valence-electron chi connectivity index (χ3n) is 1.69. The van der Waals surface area contributed by atoms with Crippen molar-refractivity contribution in [3.05, 3.63) is 25.3 Å². The van der Waals surface area contributed by atoms with Gasteiger partial charge in [-0.15, -0.1) is 25.6 Å². The maximum Gasteiger partial charge on any atom is 0.0995 e. The molecule has 0 aromatic rings. The molecule has 14 heavy (non-hydrogen) atoms. The Bertz CT molecular complexity index is 129. The highest BCUT2D eigenvalue weighted by Crippen LogP contribution is 1.93. The number of unbranched alkanes of at least 4 members (excludes halogenated alkanes) is 1. The SMILES string of the molecule is C=CCN(CC=C)COCCCC.Cl. The lowest BCUT2D eigenvalue weighted by Gasteiger charge is -2.18. The van der Waals surface area contributed by atoms with E-state index in [4.69, 9.17) is 4.74 Å². The fraction of sp³-hybridized carbons (Fsp3) is 0.636. The molecule has 0 saturated carbocycles. The highest BCUT2D eigenvalue weighted by atomic mass is 35.5. The van der Waals surface area contributed by atoms with Gasteiger partial charge in [-0.05, 0) is 6.42 Å². The van der Waals surface area contributed by atoms with E-state index in [0.29, 0.717) is 6.73 Å². The van der Waals surface area contributed by atoms with Crippen LogP contribution in [0.5, 0.6) is 0 Å². The molecule has 0 saturated heterocycles. The van der Waals surface area contributed by atoms with Crippen molar-refractivity contribution in [1.82, 2.24) is 4.90 Å². The van der Waals surface area contributed by atoms with Gasteiger partial charge in [0, 0.05) is 19.7 Å². The summed E-state index contributed by atoms with van der Waals surface area (Å²) in [5, 5.41) is 0. The van der Waals surface area contributed by atoms with Crippen molar-refractivity contribution >= 4 is 12.4 Å². The van der Waals surface area contributed by atoms with Crippen molar-refractivity contribution in [2.45, 2.75) is 19.8 Å². The molecule has 0 aliphatic rings. The monoisotopic (exact) mass is 219 g/mol. The van der Waals surface area contributed by atoms with Gasteiger partial charge < -0.3 is 4.74 Å². The van der Waals surface area contributed by atoms with E-state index in [9.17, 15) is 0 Å². The molecular weight excluding hydrogens is 198 g/mol. The molecule has 0 aromatic carbocycles. The Morgan fingerprint density at radius 3 is 2.21 bits per heavy atom. The molecule has 0 heterocycles. The molecule has 0 amide bonds. The Labute approximate surface area is 94.0 Å². The van der Waals surface area contributed by atoms with Crippen LogP contribution in [0.4, 0.5) is 0 Å². The molecule has 84 valence electrons. The molecule has 2 nitrogen and oxygen atoms in total. The molecule has 0 aliphatic heterocycles. The zero-order valence-electron chi connectivity index (χ0n) is 9.08. The van der Waals surface area contributed by atoms with Crippen LogP contribution in [0.15, 0.2) is 25.3 Å². The number of hydrogen-bond donors (Lipinski definition) is 0. The van der Waals surface area contributed by atoms with E-state index in [1.807, 2.05) is 12.2 Å². The summed E-state index contributed by atoms with van der Waals surface area (Å²) < 4.78 is 5.47. The van der Waals surface area contributed by atoms with Crippen LogP contribution in [-0.4, -0.2) is 31.3 Å². The maximum absolute atomic E-state index is 5.47. The molecule has 3 heteroatoms. The van der Waals surface area contributed by atoms with Gasteiger partial charge in [0.1, 0.15) is 0 Å². The molecule has 0 aliphatic carbocycles. The van der Waals surface area contributed by atoms with E-state index in [-0.39, 0.29) is 12.4 Å². The molecule has 0 bridgehead atoms. The normalized spacial score (nSPS) is 9.57. The van der Waals surface area contributed by atoms with Gasteiger partial charge in [-0.1, -0.05) is 25.5 Å². The second kappa shape index (κ2) is 12.7. The molecule has 0 fully saturated rings. The first-order chi connectivity index (χ1) is 6.35. The van der Waals surface area contributed by atoms with Crippen molar-refractivity contribution in [2.75, 3.05) is 26.4 Å². The zero-order chi connectivity index (χ0) is 9.94. The van der Waals surface area contributed by atoms with Crippen LogP contribution in [0.1, 0.15) is 19.8 Å². The van der Waals surface area contributed by atoms with Crippen LogP contribution >= 0.6 is 12.4 Å². The second-order valence-corrected chi connectivity index (χ2v) is 3.00. The van der Waals surface area contributed by atoms with Crippen LogP contribution in [-0.2, 0) is 4.74 Å². The molecule has 0 aromatic heterocycles. The van der Waals surface area contributed by atoms with Gasteiger partial charge in [-0.25, -0.2) is 0 Å². The Hall–Kier alpha value is -0.310. The number of nitrogens with zero attached hydrogens (tertiary/aromatic N) is 1. The fourth-order valence-electron chi connectivity index (χ4n) is 0.985. The van der Waals surface area contributed by atoms with E-state index in [1.165, 1.54) is 6.42 Å². The molecule has 0 rings (SSSR count). The Kier molecular flexibility index (Phi) is 14.6. The van der Waals surface area contributed by atoms with Crippen LogP contribution in [0.25, 0.3) is 0 Å². The van der Waals surface area contributed by atoms with Crippen molar-refractivity contribution in [2.24, 2.45) is 0 Å². The van der Waals surface area contributed by atoms with E-state index >= 15 is 0 Å². The first-order valence-corrected chi connectivity index (χ1v) is 4.87. The summed E-state index contributed by atoms with van der Waals surface area (Å²) in [7, 11) is 0. The third-order valence-corrected chi connectivity index (χ3v) is 1.69. The average molecular weight is 220 g/mol. The Balaban J connectivity index is 0. The molecular formula is C11H22ClNO. The van der Waals surface area contributed by atoms with Crippen LogP contribution in [0.2, 0.25) is 0 Å². The number of hydrogen-bond acceptors (Lipinski definition) is 2. The van der Waals surface area contributed by atoms with Crippen molar-refractivity contribution in [1.29, 1.82) is 0 Å². The average Bonchev–Trinajstić information content (AvgIpc) is 2.13. The second-order valence-electron chi connectivity index (χ2n) is 3.00. The minimum Gasteiger partial charge on any atom is -0.366 e. The first-order valence-electron chi connectivity index (χ1n) is 4.87. The van der Waals surface area contributed by atoms with Gasteiger partial charge in [-0.2, -0.15) is 0 Å². The van der Waals surface area contributed by atoms with Crippen LogP contribution in [0.3, 0.4) is 0 Å². The summed E-state index contributed by atoms with van der Waals surface area (Å²) in [6.45, 7) is 12.8. The van der Waals surface area contributed by atoms with Gasteiger partial charge >= 0.3 is 0 Å². The van der Waals surface area contributed by atoms with Crippen molar-refractivity contribution < 1.29 is 4.74 Å². The van der Waals surface area contributed by atoms with Crippen LogP contribution < -0.4 is 0 Å². The lowest BCUT2D eigenvalue weighted by molar-refractivity contribution is 0.0396. The number of halogens is 1. The van der Waals surface area contributed by atoms with E-state index < -0.39 is 0 Å². The zero-order valence-corrected chi connectivity index (χ0v) is 9.89. The number of ether oxygens (including phenoxy) is 1. The van der Waals surface area contributed by atoms with Gasteiger partial charge in [0.25, 0.3) is 0 Å². The molecule has 0 unspecified atom stereocenters. The summed E-state index contributed by atoms with van der Waals surface area (Å²) in [5.41, 5.74) is 0. The largest absolute Gasteiger partial charge is 0.366 e. The quantitative estimate of drug-likeness (QED) is 0.336. The standard InChI is InChI=1S/C11H21NO.ClH/c1-4-7-10-13-11-12(8-5-2)9-6-3;/h5-6H,2-4,7-11H2,1H3;1H. The lowest BCUT2D eigenvalue weighted by atomic mass is 10.4. The smallest absolute Gasteiger partial charge is 0.0995 e. The van der Waals surface area contributed by atoms with Crippen molar-refractivity contribution in [3.8, 4) is 0 Å². The van der Waals surface area contributed by atoms with Gasteiger partial charge in [0.15, 0.2) is 0 Å². The summed E-state index contributed by atoms with van der Waals surface area (Å²) in [6.07, 6.45) is 6.08. The molecule has 0 radical (unpaired) electrons. The first kappa shape index (κ1) is 16.1. The summed E-state index contributed by atoms with van der Waals surface area (Å²) in [4.78, 5) is 2.15. The van der Waals surface area contributed by atoms with Gasteiger partial charge in [0.2, 0.25) is 0 Å². The summed E-state index contributed by atoms with van der Waals surface area (Å²) in [5.74, 6) is 0. The molecule has 0 N–H and O–H groups in total. The Morgan fingerprint density at radius 1 is 1.21 bits per heavy atom. The fourth-order valence-corrected chi connectivity index (χ4v) is 0.985. The third kappa shape index (κ3) is 9.78. The summed E-state index contributed by atoms with van der Waals surface area (Å²) >= 11 is 0. The van der Waals surface area contributed by atoms with E-state index in [2.05, 4.69) is 25.0 Å². The predicted molar refractivity (Wildman–Crippen MR) is 64.9 cm³/mol. The van der Waals surface area contributed by atoms with E-state index in [0.717, 1.165) is 26.1 Å². The summed E-state index contributed by atoms with van der Waals surface area (Å²) in [6, 6.07) is 0. The maximum atomic E-state index is 5.47. The van der Waals surface area contributed by atoms with Gasteiger partial charge in [0.05, 0.1) is 6.73 Å². The topological polar surface area (TPSA) is 12.5 Å². The van der Waals surface area contributed by atoms with E-state index in [1.54, 1.807) is 0 Å². The van der Waals surface area contributed by atoms with Crippen molar-refractivity contribution in [3.63, 3.8) is 0 Å². The Morgan fingerprint density at radius 2 is 1.79 bits per heavy atom. The van der Waals surface area contributed by atoms with Gasteiger partial charge in [-0.3, -0.25) is 4.90 Å². The predicted octanol–water partition coefficient (Wildman–Crippen LogP) is 2.86.